The molecule has 0 aliphatic rings. The Morgan fingerprint density at radius 1 is 1.44 bits per heavy atom. The van der Waals surface area contributed by atoms with Crippen molar-refractivity contribution in [3.63, 3.8) is 0 Å². The first-order valence-electron chi connectivity index (χ1n) is 5.93. The highest BCUT2D eigenvalue weighted by Crippen LogP contribution is 2.15. The van der Waals surface area contributed by atoms with Crippen LogP contribution in [0.3, 0.4) is 0 Å². The van der Waals surface area contributed by atoms with Gasteiger partial charge >= 0.3 is 0 Å². The number of rotatable bonds is 7. The predicted octanol–water partition coefficient (Wildman–Crippen LogP) is 2.10. The van der Waals surface area contributed by atoms with Gasteiger partial charge in [0.25, 0.3) is 0 Å². The molecule has 100 valence electrons. The van der Waals surface area contributed by atoms with E-state index >= 15 is 0 Å². The molecule has 0 bridgehead atoms. The highest BCUT2D eigenvalue weighted by Gasteiger charge is 2.05. The zero-order valence-corrected chi connectivity index (χ0v) is 11.6. The van der Waals surface area contributed by atoms with Crippen LogP contribution < -0.4 is 15.8 Å². The Morgan fingerprint density at radius 2 is 2.11 bits per heavy atom. The fourth-order valence-corrected chi connectivity index (χ4v) is 2.21. The minimum absolute atomic E-state index is 0.00605. The van der Waals surface area contributed by atoms with Gasteiger partial charge in [0.2, 0.25) is 5.91 Å². The fraction of sp³-hybridized carbons (Fsp3) is 0.462. The lowest BCUT2D eigenvalue weighted by Crippen LogP contribution is -2.23. The van der Waals surface area contributed by atoms with Gasteiger partial charge in [0.15, 0.2) is 0 Å². The third kappa shape index (κ3) is 5.42. The quantitative estimate of drug-likeness (QED) is 0.795. The molecule has 0 aliphatic carbocycles. The lowest BCUT2D eigenvalue weighted by molar-refractivity contribution is -0.113. The number of amides is 1. The summed E-state index contributed by atoms with van der Waals surface area (Å²) in [6.45, 7) is 2.04. The van der Waals surface area contributed by atoms with E-state index in [1.165, 1.54) is 0 Å². The van der Waals surface area contributed by atoms with Crippen molar-refractivity contribution < 1.29 is 9.53 Å². The van der Waals surface area contributed by atoms with Crippen molar-refractivity contribution in [3.05, 3.63) is 24.3 Å². The highest BCUT2D eigenvalue weighted by atomic mass is 32.2. The van der Waals surface area contributed by atoms with Crippen molar-refractivity contribution in [2.24, 2.45) is 5.73 Å². The van der Waals surface area contributed by atoms with Gasteiger partial charge in [-0.2, -0.15) is 11.8 Å². The van der Waals surface area contributed by atoms with E-state index in [2.05, 4.69) is 5.32 Å². The van der Waals surface area contributed by atoms with Crippen LogP contribution in [0, 0.1) is 0 Å². The Kier molecular flexibility index (Phi) is 6.60. The van der Waals surface area contributed by atoms with Crippen LogP contribution in [0.4, 0.5) is 5.69 Å². The molecule has 5 heteroatoms. The molecule has 0 spiro atoms. The molecule has 0 heterocycles. The van der Waals surface area contributed by atoms with Gasteiger partial charge in [-0.15, -0.1) is 0 Å². The Balaban J connectivity index is 2.30. The number of carbonyl (C=O) groups excluding carboxylic acids is 1. The lowest BCUT2D eigenvalue weighted by Gasteiger charge is -2.08. The fourth-order valence-electron chi connectivity index (χ4n) is 1.29. The van der Waals surface area contributed by atoms with E-state index in [1.54, 1.807) is 18.9 Å². The van der Waals surface area contributed by atoms with Gasteiger partial charge in [0.05, 0.1) is 12.9 Å². The van der Waals surface area contributed by atoms with Crippen molar-refractivity contribution >= 4 is 23.4 Å². The second kappa shape index (κ2) is 8.00. The van der Waals surface area contributed by atoms with Gasteiger partial charge in [0, 0.05) is 17.5 Å². The first kappa shape index (κ1) is 14.9. The van der Waals surface area contributed by atoms with Crippen molar-refractivity contribution in [2.45, 2.75) is 19.4 Å². The minimum Gasteiger partial charge on any atom is -0.497 e. The van der Waals surface area contributed by atoms with E-state index in [9.17, 15) is 4.79 Å². The number of benzene rings is 1. The molecule has 0 saturated heterocycles. The third-order valence-corrected chi connectivity index (χ3v) is 3.59. The Bertz CT molecular complexity index is 368. The smallest absolute Gasteiger partial charge is 0.234 e. The van der Waals surface area contributed by atoms with E-state index in [0.717, 1.165) is 23.6 Å². The van der Waals surface area contributed by atoms with Crippen LogP contribution in [0.2, 0.25) is 0 Å². The van der Waals surface area contributed by atoms with Crippen molar-refractivity contribution in [1.29, 1.82) is 0 Å². The number of carbonyl (C=O) groups is 1. The number of hydrogen-bond acceptors (Lipinski definition) is 4. The zero-order valence-electron chi connectivity index (χ0n) is 10.8. The Labute approximate surface area is 112 Å². The summed E-state index contributed by atoms with van der Waals surface area (Å²) in [6, 6.07) is 7.44. The summed E-state index contributed by atoms with van der Waals surface area (Å²) in [4.78, 5) is 11.6. The number of methoxy groups -OCH3 is 1. The topological polar surface area (TPSA) is 64.4 Å². The normalized spacial score (nSPS) is 11.9. The summed E-state index contributed by atoms with van der Waals surface area (Å²) in [5.41, 5.74) is 6.56. The molecular weight excluding hydrogens is 248 g/mol. The first-order valence-corrected chi connectivity index (χ1v) is 7.08. The number of hydrogen-bond donors (Lipinski definition) is 2. The molecule has 1 aromatic carbocycles. The van der Waals surface area contributed by atoms with Crippen LogP contribution in [0.15, 0.2) is 24.3 Å². The van der Waals surface area contributed by atoms with Gasteiger partial charge < -0.3 is 15.8 Å². The molecule has 0 fully saturated rings. The van der Waals surface area contributed by atoms with Gasteiger partial charge in [-0.05, 0) is 30.7 Å². The average molecular weight is 268 g/mol. The number of ether oxygens (including phenoxy) is 1. The van der Waals surface area contributed by atoms with Crippen LogP contribution in [0.25, 0.3) is 0 Å². The molecule has 0 radical (unpaired) electrons. The number of thioether (sulfide) groups is 1. The maximum absolute atomic E-state index is 11.6. The first-order chi connectivity index (χ1) is 8.65. The zero-order chi connectivity index (χ0) is 13.4. The maximum Gasteiger partial charge on any atom is 0.234 e. The Hall–Kier alpha value is -1.20. The molecule has 1 aromatic rings. The van der Waals surface area contributed by atoms with Gasteiger partial charge in [0.1, 0.15) is 5.75 Å². The minimum atomic E-state index is -0.00605. The second-order valence-corrected chi connectivity index (χ2v) is 4.99. The number of anilines is 1. The average Bonchev–Trinajstić information content (AvgIpc) is 2.39. The number of nitrogens with one attached hydrogen (secondary N) is 1. The predicted molar refractivity (Wildman–Crippen MR) is 77.2 cm³/mol. The molecule has 0 aromatic heterocycles. The van der Waals surface area contributed by atoms with Crippen molar-refractivity contribution in [1.82, 2.24) is 0 Å². The number of nitrogens with two attached hydrogens (primary N) is 1. The largest absolute Gasteiger partial charge is 0.497 e. The second-order valence-electron chi connectivity index (χ2n) is 3.96. The van der Waals surface area contributed by atoms with Crippen LogP contribution in [-0.2, 0) is 4.79 Å². The summed E-state index contributed by atoms with van der Waals surface area (Å²) >= 11 is 1.56. The molecule has 1 unspecified atom stereocenters. The molecule has 4 nitrogen and oxygen atoms in total. The SMILES string of the molecule is CCC(N)CSCC(=O)Nc1ccc(OC)cc1. The van der Waals surface area contributed by atoms with E-state index in [-0.39, 0.29) is 11.9 Å². The molecule has 0 saturated carbocycles. The summed E-state index contributed by atoms with van der Waals surface area (Å²) in [7, 11) is 1.61. The van der Waals surface area contributed by atoms with Crippen LogP contribution in [0.5, 0.6) is 5.75 Å². The van der Waals surface area contributed by atoms with E-state index in [4.69, 9.17) is 10.5 Å². The summed E-state index contributed by atoms with van der Waals surface area (Å²) in [6.07, 6.45) is 0.938. The van der Waals surface area contributed by atoms with Crippen molar-refractivity contribution in [2.75, 3.05) is 23.9 Å². The summed E-state index contributed by atoms with van der Waals surface area (Å²) in [5, 5.41) is 2.83. The monoisotopic (exact) mass is 268 g/mol. The van der Waals surface area contributed by atoms with E-state index in [1.807, 2.05) is 31.2 Å². The molecule has 1 amide bonds. The summed E-state index contributed by atoms with van der Waals surface area (Å²) < 4.78 is 5.05. The van der Waals surface area contributed by atoms with Crippen LogP contribution >= 0.6 is 11.8 Å². The van der Waals surface area contributed by atoms with Crippen molar-refractivity contribution in [3.8, 4) is 5.75 Å². The Morgan fingerprint density at radius 3 is 2.67 bits per heavy atom. The highest BCUT2D eigenvalue weighted by molar-refractivity contribution is 8.00. The van der Waals surface area contributed by atoms with Gasteiger partial charge in [-0.25, -0.2) is 0 Å². The van der Waals surface area contributed by atoms with E-state index < -0.39 is 0 Å². The van der Waals surface area contributed by atoms with Gasteiger partial charge in [-0.1, -0.05) is 6.92 Å². The molecule has 1 rings (SSSR count). The molecule has 0 aliphatic heterocycles. The molecule has 1 atom stereocenters. The van der Waals surface area contributed by atoms with Crippen LogP contribution in [0.1, 0.15) is 13.3 Å². The van der Waals surface area contributed by atoms with Crippen LogP contribution in [-0.4, -0.2) is 30.6 Å². The summed E-state index contributed by atoms with van der Waals surface area (Å²) in [5.74, 6) is 2.01. The third-order valence-electron chi connectivity index (χ3n) is 2.46. The molecule has 18 heavy (non-hydrogen) atoms. The molecule has 3 N–H and O–H groups in total. The molecular formula is C13H20N2O2S. The maximum atomic E-state index is 11.6. The standard InChI is InChI=1S/C13H20N2O2S/c1-3-10(14)8-18-9-13(16)15-11-4-6-12(17-2)7-5-11/h4-7,10H,3,8-9,14H2,1-2H3,(H,15,16). The lowest BCUT2D eigenvalue weighted by atomic mass is 10.3. The van der Waals surface area contributed by atoms with E-state index in [0.29, 0.717) is 5.75 Å². The van der Waals surface area contributed by atoms with Gasteiger partial charge in [-0.3, -0.25) is 4.79 Å².